The van der Waals surface area contributed by atoms with Crippen LogP contribution in [0.1, 0.15) is 16.7 Å². The Balaban J connectivity index is 1.55. The number of para-hydroxylation sites is 2. The molecule has 0 saturated carbocycles. The number of carbonyl (C=O) groups is 2. The van der Waals surface area contributed by atoms with Gasteiger partial charge in [0.1, 0.15) is 6.61 Å². The van der Waals surface area contributed by atoms with E-state index in [-0.39, 0.29) is 40.7 Å². The quantitative estimate of drug-likeness (QED) is 0.207. The molecule has 1 aliphatic heterocycles. The van der Waals surface area contributed by atoms with E-state index in [2.05, 4.69) is 0 Å². The minimum absolute atomic E-state index is 0.0788. The van der Waals surface area contributed by atoms with E-state index in [9.17, 15) is 29.8 Å². The molecule has 0 aliphatic carbocycles. The van der Waals surface area contributed by atoms with Crippen molar-refractivity contribution in [3.63, 3.8) is 0 Å². The minimum atomic E-state index is -0.577. The first-order valence-corrected chi connectivity index (χ1v) is 11.6. The molecule has 4 rings (SSSR count). The summed E-state index contributed by atoms with van der Waals surface area (Å²) in [6.07, 6.45) is 1.50. The smallest absolute Gasteiger partial charge is 0.293 e. The zero-order valence-electron chi connectivity index (χ0n) is 19.4. The molecule has 3 aromatic carbocycles. The van der Waals surface area contributed by atoms with Crippen LogP contribution in [0.5, 0.6) is 11.5 Å². The minimum Gasteiger partial charge on any atom is -0.493 e. The molecule has 2 amide bonds. The Morgan fingerprint density at radius 3 is 2.16 bits per heavy atom. The fourth-order valence-electron chi connectivity index (χ4n) is 3.64. The van der Waals surface area contributed by atoms with Gasteiger partial charge in [0.05, 0.1) is 34.0 Å². The van der Waals surface area contributed by atoms with Gasteiger partial charge in [-0.1, -0.05) is 36.4 Å². The van der Waals surface area contributed by atoms with Crippen LogP contribution >= 0.6 is 11.8 Å². The largest absolute Gasteiger partial charge is 0.493 e. The lowest BCUT2D eigenvalue weighted by atomic mass is 10.1. The average Bonchev–Trinajstić information content (AvgIpc) is 3.15. The zero-order chi connectivity index (χ0) is 26.5. The third-order valence-corrected chi connectivity index (χ3v) is 6.35. The Bertz CT molecular complexity index is 1440. The molecule has 11 nitrogen and oxygen atoms in total. The van der Waals surface area contributed by atoms with Crippen LogP contribution in [-0.4, -0.2) is 33.0 Å². The van der Waals surface area contributed by atoms with Crippen molar-refractivity contribution in [1.29, 1.82) is 0 Å². The number of ether oxygens (including phenoxy) is 2. The second-order valence-corrected chi connectivity index (χ2v) is 8.73. The van der Waals surface area contributed by atoms with Crippen molar-refractivity contribution in [1.82, 2.24) is 4.90 Å². The lowest BCUT2D eigenvalue weighted by Gasteiger charge is -2.13. The third-order valence-electron chi connectivity index (χ3n) is 5.45. The normalized spacial score (nSPS) is 14.2. The first-order chi connectivity index (χ1) is 17.8. The fraction of sp³-hybridized carbons (Fsp3) is 0.120. The van der Waals surface area contributed by atoms with Crippen LogP contribution in [-0.2, 0) is 17.9 Å². The first-order valence-electron chi connectivity index (χ1n) is 10.8. The van der Waals surface area contributed by atoms with Gasteiger partial charge in [-0.3, -0.25) is 34.7 Å². The molecule has 1 aliphatic rings. The number of rotatable bonds is 9. The molecule has 3 aromatic rings. The molecule has 1 heterocycles. The molecule has 0 radical (unpaired) electrons. The first kappa shape index (κ1) is 25.4. The summed E-state index contributed by atoms with van der Waals surface area (Å²) in [4.78, 5) is 48.1. The zero-order valence-corrected chi connectivity index (χ0v) is 20.2. The highest BCUT2D eigenvalue weighted by molar-refractivity contribution is 8.18. The van der Waals surface area contributed by atoms with Crippen molar-refractivity contribution >= 4 is 40.4 Å². The van der Waals surface area contributed by atoms with Crippen LogP contribution in [0.25, 0.3) is 6.08 Å². The summed E-state index contributed by atoms with van der Waals surface area (Å²) < 4.78 is 11.1. The van der Waals surface area contributed by atoms with Crippen molar-refractivity contribution in [2.75, 3.05) is 7.11 Å². The van der Waals surface area contributed by atoms with Gasteiger partial charge in [0, 0.05) is 17.7 Å². The number of hydrogen-bond acceptors (Lipinski definition) is 9. The summed E-state index contributed by atoms with van der Waals surface area (Å²) in [6, 6.07) is 17.0. The molecule has 0 bridgehead atoms. The van der Waals surface area contributed by atoms with Gasteiger partial charge in [0.15, 0.2) is 11.5 Å². The van der Waals surface area contributed by atoms with Crippen molar-refractivity contribution in [3.05, 3.63) is 109 Å². The highest BCUT2D eigenvalue weighted by Crippen LogP contribution is 2.36. The van der Waals surface area contributed by atoms with Crippen LogP contribution in [0.3, 0.4) is 0 Å². The van der Waals surface area contributed by atoms with Crippen molar-refractivity contribution in [3.8, 4) is 11.5 Å². The van der Waals surface area contributed by atoms with Gasteiger partial charge >= 0.3 is 0 Å². The molecule has 1 fully saturated rings. The van der Waals surface area contributed by atoms with E-state index in [0.717, 1.165) is 16.7 Å². The topological polar surface area (TPSA) is 142 Å². The number of nitrogens with zero attached hydrogens (tertiary/aromatic N) is 3. The maximum Gasteiger partial charge on any atom is 0.293 e. The second kappa shape index (κ2) is 10.9. The van der Waals surface area contributed by atoms with Crippen molar-refractivity contribution in [2.45, 2.75) is 13.2 Å². The monoisotopic (exact) mass is 521 g/mol. The standard InChI is InChI=1S/C25H19N3O8S/c1-35-21-11-10-16(12-22(21)36-15-18-7-3-5-9-20(18)28(33)34)13-23-24(29)26(25(30)37-23)14-17-6-2-4-8-19(17)27(31)32/h2-13H,14-15H2,1H3/b23-13-. The van der Waals surface area contributed by atoms with Gasteiger partial charge in [-0.15, -0.1) is 0 Å². The van der Waals surface area contributed by atoms with Gasteiger partial charge in [0.25, 0.3) is 22.5 Å². The van der Waals surface area contributed by atoms with Crippen molar-refractivity contribution in [2.24, 2.45) is 0 Å². The number of imide groups is 1. The number of nitro groups is 2. The van der Waals surface area contributed by atoms with E-state index < -0.39 is 21.0 Å². The SMILES string of the molecule is COc1ccc(/C=C2\SC(=O)N(Cc3ccccc3[N+](=O)[O-])C2=O)cc1OCc1ccccc1[N+](=O)[O-]. The van der Waals surface area contributed by atoms with Gasteiger partial charge in [-0.2, -0.15) is 0 Å². The van der Waals surface area contributed by atoms with Gasteiger partial charge < -0.3 is 9.47 Å². The van der Waals surface area contributed by atoms with Gasteiger partial charge in [-0.25, -0.2) is 0 Å². The molecule has 37 heavy (non-hydrogen) atoms. The average molecular weight is 522 g/mol. The summed E-state index contributed by atoms with van der Waals surface area (Å²) >= 11 is 0.723. The molecule has 0 atom stereocenters. The van der Waals surface area contributed by atoms with E-state index in [0.29, 0.717) is 16.9 Å². The highest BCUT2D eigenvalue weighted by atomic mass is 32.2. The molecule has 188 valence electrons. The Hall–Kier alpha value is -4.71. The molecule has 1 saturated heterocycles. The summed E-state index contributed by atoms with van der Waals surface area (Å²) in [5, 5.41) is 22.0. The molecule has 0 N–H and O–H groups in total. The molecule has 12 heteroatoms. The van der Waals surface area contributed by atoms with Crippen LogP contribution in [0.4, 0.5) is 16.2 Å². The molecular formula is C25H19N3O8S. The highest BCUT2D eigenvalue weighted by Gasteiger charge is 2.36. The number of thioether (sulfide) groups is 1. The van der Waals surface area contributed by atoms with Crippen LogP contribution in [0, 0.1) is 20.2 Å². The van der Waals surface area contributed by atoms with E-state index in [4.69, 9.17) is 9.47 Å². The Morgan fingerprint density at radius 1 is 0.892 bits per heavy atom. The maximum absolute atomic E-state index is 13.0. The Kier molecular flexibility index (Phi) is 7.49. The van der Waals surface area contributed by atoms with Crippen LogP contribution in [0.15, 0.2) is 71.6 Å². The summed E-state index contributed by atoms with van der Waals surface area (Å²) in [5.74, 6) is 0.0834. The lowest BCUT2D eigenvalue weighted by Crippen LogP contribution is -2.27. The number of benzene rings is 3. The van der Waals surface area contributed by atoms with Crippen molar-refractivity contribution < 1.29 is 28.9 Å². The number of methoxy groups -OCH3 is 1. The Labute approximate surface area is 214 Å². The number of carbonyl (C=O) groups excluding carboxylic acids is 2. The number of amides is 2. The van der Waals surface area contributed by atoms with Crippen LogP contribution in [0.2, 0.25) is 0 Å². The van der Waals surface area contributed by atoms with Crippen LogP contribution < -0.4 is 9.47 Å². The van der Waals surface area contributed by atoms with Gasteiger partial charge in [-0.05, 0) is 41.6 Å². The van der Waals surface area contributed by atoms with E-state index in [1.807, 2.05) is 0 Å². The van der Waals surface area contributed by atoms with Gasteiger partial charge in [0.2, 0.25) is 0 Å². The molecule has 0 aromatic heterocycles. The van der Waals surface area contributed by atoms with E-state index >= 15 is 0 Å². The third kappa shape index (κ3) is 5.59. The molecular weight excluding hydrogens is 502 g/mol. The number of hydrogen-bond donors (Lipinski definition) is 0. The summed E-state index contributed by atoms with van der Waals surface area (Å²) in [7, 11) is 1.45. The summed E-state index contributed by atoms with van der Waals surface area (Å²) in [5.41, 5.74) is 0.878. The second-order valence-electron chi connectivity index (χ2n) is 7.74. The lowest BCUT2D eigenvalue weighted by molar-refractivity contribution is -0.385. The fourth-order valence-corrected chi connectivity index (χ4v) is 4.48. The predicted molar refractivity (Wildman–Crippen MR) is 135 cm³/mol. The molecule has 0 unspecified atom stereocenters. The van der Waals surface area contributed by atoms with E-state index in [1.165, 1.54) is 37.5 Å². The predicted octanol–water partition coefficient (Wildman–Crippen LogP) is 5.33. The van der Waals surface area contributed by atoms with E-state index in [1.54, 1.807) is 42.5 Å². The molecule has 0 spiro atoms. The maximum atomic E-state index is 13.0. The number of nitro benzene ring substituents is 2. The Morgan fingerprint density at radius 2 is 1.51 bits per heavy atom. The summed E-state index contributed by atoms with van der Waals surface area (Å²) in [6.45, 7) is -0.324.